The minimum Gasteiger partial charge on any atom is -0.435 e. The molecule has 1 aliphatic heterocycles. The van der Waals surface area contributed by atoms with Crippen LogP contribution in [0.5, 0.6) is 0 Å². The van der Waals surface area contributed by atoms with Gasteiger partial charge in [0.15, 0.2) is 0 Å². The fraction of sp³-hybridized carbons (Fsp3) is 1.00. The van der Waals surface area contributed by atoms with Crippen molar-refractivity contribution in [3.05, 3.63) is 0 Å². The van der Waals surface area contributed by atoms with Gasteiger partial charge in [0.2, 0.25) is 0 Å². The fourth-order valence-electron chi connectivity index (χ4n) is 0.567. The average Bonchev–Trinajstić information content (AvgIpc) is 1.80. The molecule has 0 spiro atoms. The first-order chi connectivity index (χ1) is 5.85. The third-order valence-corrected chi connectivity index (χ3v) is 7.05. The van der Waals surface area contributed by atoms with Gasteiger partial charge in [0.05, 0.1) is 6.61 Å². The van der Waals surface area contributed by atoms with Crippen LogP contribution in [0.1, 0.15) is 6.92 Å². The van der Waals surface area contributed by atoms with Gasteiger partial charge < -0.3 is 19.8 Å². The lowest BCUT2D eigenvalue weighted by Crippen LogP contribution is -2.63. The van der Waals surface area contributed by atoms with Crippen molar-refractivity contribution in [1.29, 1.82) is 0 Å². The van der Waals surface area contributed by atoms with Crippen LogP contribution >= 0.6 is 0 Å². The molecule has 0 atom stereocenters. The Hall–Kier alpha value is 0.459. The molecule has 1 heterocycles. The molecule has 2 N–H and O–H groups in total. The summed E-state index contributed by atoms with van der Waals surface area (Å²) in [7, 11) is -8.15. The van der Waals surface area contributed by atoms with Gasteiger partial charge in [0.1, 0.15) is 0 Å². The van der Waals surface area contributed by atoms with E-state index in [1.54, 1.807) is 0 Å². The lowest BCUT2D eigenvalue weighted by Gasteiger charge is -2.30. The standard InChI is InChI=1S/C2H6O4S.Al.H2O4Si/c1-2-6-7(3,4)5;;1-5(2,3)4/h2H2,1H3,(H,3,4,5);;1-2H/q;+3;-2/p-1. The van der Waals surface area contributed by atoms with Crippen LogP contribution in [-0.4, -0.2) is 48.8 Å². The lowest BCUT2D eigenvalue weighted by atomic mass is 10.9. The minimum atomic E-state index is -4.13. The molecule has 0 aromatic rings. The Kier molecular flexibility index (Phi) is 3.47. The second-order valence-corrected chi connectivity index (χ2v) is 7.37. The second-order valence-electron chi connectivity index (χ2n) is 1.98. The zero-order chi connectivity index (χ0) is 10.1. The van der Waals surface area contributed by atoms with Crippen molar-refractivity contribution >= 4 is 34.6 Å². The van der Waals surface area contributed by atoms with E-state index in [2.05, 4.69) is 14.4 Å². The van der Waals surface area contributed by atoms with Crippen molar-refractivity contribution in [1.82, 2.24) is 0 Å². The Bertz CT molecular complexity index is 266. The summed E-state index contributed by atoms with van der Waals surface area (Å²) in [5.41, 5.74) is 0. The molecule has 0 radical (unpaired) electrons. The van der Waals surface area contributed by atoms with E-state index in [1.807, 2.05) is 0 Å². The molecular formula is C2H7AlO8SSi. The molecule has 11 heteroatoms. The van der Waals surface area contributed by atoms with Crippen LogP contribution in [0.3, 0.4) is 0 Å². The zero-order valence-electron chi connectivity index (χ0n) is 6.54. The molecule has 13 heavy (non-hydrogen) atoms. The Morgan fingerprint density at radius 1 is 1.46 bits per heavy atom. The molecule has 1 saturated heterocycles. The first-order valence-corrected chi connectivity index (χ1v) is 7.68. The molecule has 0 amide bonds. The van der Waals surface area contributed by atoms with Crippen LogP contribution < -0.4 is 0 Å². The molecule has 0 aromatic heterocycles. The smallest absolute Gasteiger partial charge is 0.435 e. The van der Waals surface area contributed by atoms with Crippen LogP contribution in [0.15, 0.2) is 0 Å². The second kappa shape index (κ2) is 3.91. The monoisotopic (exact) mass is 246 g/mol. The molecule has 0 saturated carbocycles. The molecular weight excluding hydrogens is 239 g/mol. The molecule has 0 bridgehead atoms. The Labute approximate surface area is 80.8 Å². The summed E-state index contributed by atoms with van der Waals surface area (Å²) in [5.74, 6) is 0. The van der Waals surface area contributed by atoms with E-state index in [9.17, 15) is 8.42 Å². The van der Waals surface area contributed by atoms with E-state index >= 15 is 0 Å². The van der Waals surface area contributed by atoms with Gasteiger partial charge in [0, 0.05) is 0 Å². The summed E-state index contributed by atoms with van der Waals surface area (Å²) in [4.78, 5) is 17.2. The predicted molar refractivity (Wildman–Crippen MR) is 39.7 cm³/mol. The molecule has 76 valence electrons. The van der Waals surface area contributed by atoms with E-state index in [0.29, 0.717) is 0 Å². The van der Waals surface area contributed by atoms with Crippen LogP contribution in [0, 0.1) is 0 Å². The highest BCUT2D eigenvalue weighted by molar-refractivity contribution is 7.82. The van der Waals surface area contributed by atoms with Crippen LogP contribution in [-0.2, 0) is 24.8 Å². The Balaban J connectivity index is 2.36. The average molecular weight is 246 g/mol. The number of rotatable bonds is 4. The van der Waals surface area contributed by atoms with Crippen molar-refractivity contribution in [2.45, 2.75) is 6.92 Å². The molecule has 0 aliphatic carbocycles. The summed E-state index contributed by atoms with van der Waals surface area (Å²) in [6, 6.07) is 0. The van der Waals surface area contributed by atoms with E-state index in [1.165, 1.54) is 6.92 Å². The SMILES string of the molecule is CCOS(=O)(=O)[O][Al]1[O][Si](O)(O)[O]1. The summed E-state index contributed by atoms with van der Waals surface area (Å²) in [6.45, 7) is 1.38. The van der Waals surface area contributed by atoms with E-state index < -0.39 is 34.6 Å². The largest absolute Gasteiger partial charge is 0.909 e. The summed E-state index contributed by atoms with van der Waals surface area (Å²) >= 11 is -2.93. The predicted octanol–water partition coefficient (Wildman–Crippen LogP) is -2.26. The molecule has 1 aliphatic rings. The maximum absolute atomic E-state index is 10.7. The van der Waals surface area contributed by atoms with E-state index in [0.717, 1.165) is 0 Å². The third-order valence-electron chi connectivity index (χ3n) is 0.958. The minimum absolute atomic E-state index is 0.0791. The van der Waals surface area contributed by atoms with Gasteiger partial charge in [-0.2, -0.15) is 8.42 Å². The van der Waals surface area contributed by atoms with Crippen molar-refractivity contribution in [2.75, 3.05) is 6.61 Å². The highest BCUT2D eigenvalue weighted by Crippen LogP contribution is 2.18. The van der Waals surface area contributed by atoms with Crippen LogP contribution in [0.25, 0.3) is 0 Å². The van der Waals surface area contributed by atoms with Crippen LogP contribution in [0.2, 0.25) is 0 Å². The maximum Gasteiger partial charge on any atom is 0.909 e. The third kappa shape index (κ3) is 3.60. The van der Waals surface area contributed by atoms with Gasteiger partial charge in [0.25, 0.3) is 0 Å². The topological polar surface area (TPSA) is 112 Å². The molecule has 8 nitrogen and oxygen atoms in total. The molecule has 1 rings (SSSR count). The number of hydrogen-bond acceptors (Lipinski definition) is 8. The van der Waals surface area contributed by atoms with Gasteiger partial charge >= 0.3 is 34.6 Å². The first-order valence-electron chi connectivity index (χ1n) is 3.23. The Morgan fingerprint density at radius 2 is 2.00 bits per heavy atom. The van der Waals surface area contributed by atoms with E-state index in [-0.39, 0.29) is 6.61 Å². The van der Waals surface area contributed by atoms with Gasteiger partial charge in [-0.05, 0) is 6.92 Å². The molecule has 0 aromatic carbocycles. The normalized spacial score (nSPS) is 21.3. The first kappa shape index (κ1) is 11.5. The van der Waals surface area contributed by atoms with Gasteiger partial charge in [-0.15, -0.1) is 0 Å². The molecule has 1 fully saturated rings. The summed E-state index contributed by atoms with van der Waals surface area (Å²) in [5, 5.41) is 0. The summed E-state index contributed by atoms with van der Waals surface area (Å²) < 4.78 is 38.4. The molecule has 0 unspecified atom stereocenters. The maximum atomic E-state index is 10.7. The van der Waals surface area contributed by atoms with Crippen molar-refractivity contribution < 1.29 is 32.4 Å². The highest BCUT2D eigenvalue weighted by atomic mass is 32.3. The zero-order valence-corrected chi connectivity index (χ0v) is 9.51. The van der Waals surface area contributed by atoms with Gasteiger partial charge in [-0.25, -0.2) is 0 Å². The van der Waals surface area contributed by atoms with Crippen molar-refractivity contribution in [2.24, 2.45) is 0 Å². The van der Waals surface area contributed by atoms with Crippen LogP contribution in [0.4, 0.5) is 0 Å². The van der Waals surface area contributed by atoms with Crippen molar-refractivity contribution in [3.8, 4) is 0 Å². The Morgan fingerprint density at radius 3 is 2.38 bits per heavy atom. The van der Waals surface area contributed by atoms with Crippen molar-refractivity contribution in [3.63, 3.8) is 0 Å². The lowest BCUT2D eigenvalue weighted by molar-refractivity contribution is 0.0274. The fourth-order valence-corrected chi connectivity index (χ4v) is 4.95. The van der Waals surface area contributed by atoms with E-state index in [4.69, 9.17) is 9.59 Å². The highest BCUT2D eigenvalue weighted by Gasteiger charge is 2.63. The quantitative estimate of drug-likeness (QED) is 0.534. The van der Waals surface area contributed by atoms with Gasteiger partial charge in [-0.3, -0.25) is 4.18 Å². The summed E-state index contributed by atoms with van der Waals surface area (Å²) in [6.07, 6.45) is 0. The van der Waals surface area contributed by atoms with Gasteiger partial charge in [-0.1, -0.05) is 0 Å². The number of hydrogen-bond donors (Lipinski definition) is 2.